The Bertz CT molecular complexity index is 797. The van der Waals surface area contributed by atoms with E-state index in [-0.39, 0.29) is 4.94 Å². The van der Waals surface area contributed by atoms with Crippen LogP contribution < -0.4 is 9.68 Å². The predicted molar refractivity (Wildman–Crippen MR) is 85.2 cm³/mol. The van der Waals surface area contributed by atoms with Crippen molar-refractivity contribution in [3.05, 3.63) is 63.3 Å². The van der Waals surface area contributed by atoms with Crippen molar-refractivity contribution in [2.45, 2.75) is 26.4 Å². The van der Waals surface area contributed by atoms with Crippen molar-refractivity contribution in [3.63, 3.8) is 0 Å². The molecule has 0 saturated carbocycles. The van der Waals surface area contributed by atoms with Gasteiger partial charge in [-0.05, 0) is 29.2 Å². The average Bonchev–Trinajstić information content (AvgIpc) is 2.84. The number of rotatable bonds is 4. The lowest BCUT2D eigenvalue weighted by Gasteiger charge is -2.08. The first-order chi connectivity index (χ1) is 10.1. The van der Waals surface area contributed by atoms with E-state index < -0.39 is 0 Å². The van der Waals surface area contributed by atoms with Crippen molar-refractivity contribution in [1.82, 2.24) is 0 Å². The zero-order valence-electron chi connectivity index (χ0n) is 12.0. The van der Waals surface area contributed by atoms with Gasteiger partial charge in [-0.3, -0.25) is 0 Å². The minimum absolute atomic E-state index is 0.286. The standard InChI is InChI=1S/C17H16O3S/c1-11(2)13-5-3-12(4-6-13)10-19-14-7-8-16-15(9-14)20-17(18)21-16/h3-9,11H,10H2,1-2H3. The molecule has 0 aliphatic carbocycles. The molecule has 21 heavy (non-hydrogen) atoms. The van der Waals surface area contributed by atoms with E-state index >= 15 is 0 Å². The van der Waals surface area contributed by atoms with Gasteiger partial charge >= 0.3 is 4.94 Å². The minimum atomic E-state index is -0.286. The highest BCUT2D eigenvalue weighted by atomic mass is 32.1. The molecule has 4 heteroatoms. The molecule has 3 rings (SSSR count). The Morgan fingerprint density at radius 1 is 1.14 bits per heavy atom. The molecular formula is C17H16O3S. The van der Waals surface area contributed by atoms with Gasteiger partial charge in [0.15, 0.2) is 5.58 Å². The number of hydrogen-bond donors (Lipinski definition) is 0. The summed E-state index contributed by atoms with van der Waals surface area (Å²) in [5.41, 5.74) is 3.02. The summed E-state index contributed by atoms with van der Waals surface area (Å²) in [4.78, 5) is 10.9. The summed E-state index contributed by atoms with van der Waals surface area (Å²) < 4.78 is 11.7. The van der Waals surface area contributed by atoms with E-state index in [1.54, 1.807) is 6.07 Å². The first kappa shape index (κ1) is 13.9. The molecule has 1 heterocycles. The topological polar surface area (TPSA) is 39.4 Å². The fraction of sp³-hybridized carbons (Fsp3) is 0.235. The van der Waals surface area contributed by atoms with Crippen LogP contribution in [0.25, 0.3) is 10.3 Å². The lowest BCUT2D eigenvalue weighted by molar-refractivity contribution is 0.306. The van der Waals surface area contributed by atoms with E-state index in [9.17, 15) is 4.79 Å². The maximum absolute atomic E-state index is 11.2. The van der Waals surface area contributed by atoms with Crippen LogP contribution in [0.2, 0.25) is 0 Å². The van der Waals surface area contributed by atoms with Gasteiger partial charge in [-0.15, -0.1) is 0 Å². The molecule has 0 atom stereocenters. The highest BCUT2D eigenvalue weighted by Crippen LogP contribution is 2.23. The third kappa shape index (κ3) is 3.16. The largest absolute Gasteiger partial charge is 0.489 e. The maximum Gasteiger partial charge on any atom is 0.396 e. The summed E-state index contributed by atoms with van der Waals surface area (Å²) in [7, 11) is 0. The molecule has 0 amide bonds. The minimum Gasteiger partial charge on any atom is -0.489 e. The van der Waals surface area contributed by atoms with E-state index in [0.29, 0.717) is 23.9 Å². The molecule has 3 nitrogen and oxygen atoms in total. The molecule has 0 spiro atoms. The maximum atomic E-state index is 11.2. The van der Waals surface area contributed by atoms with Crippen LogP contribution in [-0.4, -0.2) is 0 Å². The highest BCUT2D eigenvalue weighted by molar-refractivity contribution is 7.16. The number of benzene rings is 2. The summed E-state index contributed by atoms with van der Waals surface area (Å²) in [5, 5.41) is 0. The fourth-order valence-corrected chi connectivity index (χ4v) is 2.76. The van der Waals surface area contributed by atoms with E-state index in [2.05, 4.69) is 38.1 Å². The summed E-state index contributed by atoms with van der Waals surface area (Å²) in [6.07, 6.45) is 0. The van der Waals surface area contributed by atoms with Gasteiger partial charge in [0.25, 0.3) is 0 Å². The molecule has 0 aliphatic rings. The predicted octanol–water partition coefficient (Wildman–Crippen LogP) is 4.56. The van der Waals surface area contributed by atoms with Gasteiger partial charge in [-0.25, -0.2) is 4.79 Å². The van der Waals surface area contributed by atoms with E-state index in [0.717, 1.165) is 21.6 Å². The Kier molecular flexibility index (Phi) is 3.80. The van der Waals surface area contributed by atoms with Crippen molar-refractivity contribution >= 4 is 21.6 Å². The molecule has 0 bridgehead atoms. The molecule has 0 aliphatic heterocycles. The van der Waals surface area contributed by atoms with Gasteiger partial charge in [0, 0.05) is 6.07 Å². The number of ether oxygens (including phenoxy) is 1. The zero-order chi connectivity index (χ0) is 14.8. The third-order valence-electron chi connectivity index (χ3n) is 3.35. The summed E-state index contributed by atoms with van der Waals surface area (Å²) in [6.45, 7) is 4.85. The van der Waals surface area contributed by atoms with Gasteiger partial charge in [0.05, 0.1) is 4.70 Å². The van der Waals surface area contributed by atoms with E-state index in [1.807, 2.05) is 12.1 Å². The average molecular weight is 300 g/mol. The Balaban J connectivity index is 1.72. The zero-order valence-corrected chi connectivity index (χ0v) is 12.8. The molecule has 0 saturated heterocycles. The van der Waals surface area contributed by atoms with Crippen LogP contribution in [0.5, 0.6) is 5.75 Å². The molecule has 2 aromatic carbocycles. The van der Waals surface area contributed by atoms with Gasteiger partial charge < -0.3 is 9.15 Å². The van der Waals surface area contributed by atoms with Gasteiger partial charge in [0.2, 0.25) is 0 Å². The van der Waals surface area contributed by atoms with Crippen LogP contribution in [0.1, 0.15) is 30.9 Å². The van der Waals surface area contributed by atoms with Gasteiger partial charge in [-0.2, -0.15) is 0 Å². The van der Waals surface area contributed by atoms with Crippen molar-refractivity contribution in [2.24, 2.45) is 0 Å². The molecule has 0 unspecified atom stereocenters. The van der Waals surface area contributed by atoms with Crippen molar-refractivity contribution in [2.75, 3.05) is 0 Å². The molecule has 0 fully saturated rings. The second kappa shape index (κ2) is 5.74. The van der Waals surface area contributed by atoms with Crippen LogP contribution in [0.15, 0.2) is 51.7 Å². The Morgan fingerprint density at radius 3 is 2.62 bits per heavy atom. The molecule has 0 radical (unpaired) electrons. The SMILES string of the molecule is CC(C)c1ccc(COc2ccc3sc(=O)oc3c2)cc1. The quantitative estimate of drug-likeness (QED) is 0.709. The second-order valence-corrected chi connectivity index (χ2v) is 6.22. The summed E-state index contributed by atoms with van der Waals surface area (Å²) in [5.74, 6) is 1.24. The number of fused-ring (bicyclic) bond motifs is 1. The van der Waals surface area contributed by atoms with E-state index in [4.69, 9.17) is 9.15 Å². The Hall–Kier alpha value is -2.07. The smallest absolute Gasteiger partial charge is 0.396 e. The number of hydrogen-bond acceptors (Lipinski definition) is 4. The molecule has 1 aromatic heterocycles. The molecule has 0 N–H and O–H groups in total. The second-order valence-electron chi connectivity index (χ2n) is 5.25. The lowest BCUT2D eigenvalue weighted by Crippen LogP contribution is -1.96. The van der Waals surface area contributed by atoms with Crippen LogP contribution >= 0.6 is 11.3 Å². The lowest BCUT2D eigenvalue weighted by atomic mass is 10.0. The van der Waals surface area contributed by atoms with E-state index in [1.165, 1.54) is 5.56 Å². The van der Waals surface area contributed by atoms with Gasteiger partial charge in [-0.1, -0.05) is 49.4 Å². The van der Waals surface area contributed by atoms with Crippen LogP contribution in [0.3, 0.4) is 0 Å². The Morgan fingerprint density at radius 2 is 1.90 bits per heavy atom. The molecular weight excluding hydrogens is 284 g/mol. The first-order valence-corrected chi connectivity index (χ1v) is 7.69. The van der Waals surface area contributed by atoms with Crippen LogP contribution in [0.4, 0.5) is 0 Å². The highest BCUT2D eigenvalue weighted by Gasteiger charge is 2.04. The molecule has 3 aromatic rings. The first-order valence-electron chi connectivity index (χ1n) is 6.87. The normalized spacial score (nSPS) is 11.2. The Labute approximate surface area is 126 Å². The third-order valence-corrected chi connectivity index (χ3v) is 4.16. The van der Waals surface area contributed by atoms with Crippen LogP contribution in [-0.2, 0) is 6.61 Å². The summed E-state index contributed by atoms with van der Waals surface area (Å²) in [6, 6.07) is 13.9. The summed E-state index contributed by atoms with van der Waals surface area (Å²) >= 11 is 1.10. The van der Waals surface area contributed by atoms with Crippen LogP contribution in [0, 0.1) is 0 Å². The monoisotopic (exact) mass is 300 g/mol. The van der Waals surface area contributed by atoms with Crippen molar-refractivity contribution in [1.29, 1.82) is 0 Å². The van der Waals surface area contributed by atoms with Crippen molar-refractivity contribution < 1.29 is 9.15 Å². The van der Waals surface area contributed by atoms with Gasteiger partial charge in [0.1, 0.15) is 12.4 Å². The van der Waals surface area contributed by atoms with Crippen molar-refractivity contribution in [3.8, 4) is 5.75 Å². The molecule has 108 valence electrons. The fourth-order valence-electron chi connectivity index (χ4n) is 2.11.